The van der Waals surface area contributed by atoms with Gasteiger partial charge in [0.05, 0.1) is 40.0 Å². The van der Waals surface area contributed by atoms with Crippen LogP contribution in [0.2, 0.25) is 0 Å². The van der Waals surface area contributed by atoms with E-state index in [1.165, 1.54) is 12.1 Å². The van der Waals surface area contributed by atoms with Gasteiger partial charge in [0.2, 0.25) is 5.95 Å². The Morgan fingerprint density at radius 2 is 2.05 bits per heavy atom. The summed E-state index contributed by atoms with van der Waals surface area (Å²) in [5.41, 5.74) is 2.36. The van der Waals surface area contributed by atoms with Crippen LogP contribution in [0.3, 0.4) is 0 Å². The summed E-state index contributed by atoms with van der Waals surface area (Å²) in [4.78, 5) is 33.1. The van der Waals surface area contributed by atoms with Crippen LogP contribution in [0.4, 0.5) is 14.7 Å². The molecule has 2 N–H and O–H groups in total. The molecule has 2 saturated heterocycles. The monoisotopic (exact) mass is 624 g/mol. The molecule has 4 heterocycles. The fraction of sp³-hybridized carbons (Fsp3) is 0.500. The lowest BCUT2D eigenvalue weighted by Gasteiger charge is -2.35. The van der Waals surface area contributed by atoms with Crippen LogP contribution >= 0.6 is 11.3 Å². The van der Waals surface area contributed by atoms with Gasteiger partial charge in [0, 0.05) is 31.6 Å². The van der Waals surface area contributed by atoms with Crippen molar-refractivity contribution in [2.75, 3.05) is 31.6 Å². The number of anilines is 1. The van der Waals surface area contributed by atoms with Crippen molar-refractivity contribution in [3.05, 3.63) is 57.3 Å². The molecule has 2 fully saturated rings. The average Bonchev–Trinajstić information content (AvgIpc) is 3.70. The number of rotatable bonds is 10. The van der Waals surface area contributed by atoms with Crippen molar-refractivity contribution < 1.29 is 23.1 Å². The third kappa shape index (κ3) is 7.17. The number of amides is 2. The van der Waals surface area contributed by atoms with Crippen molar-refractivity contribution in [2.45, 2.75) is 66.1 Å². The minimum atomic E-state index is -2.66. The van der Waals surface area contributed by atoms with E-state index in [9.17, 15) is 23.6 Å². The van der Waals surface area contributed by atoms with E-state index in [4.69, 9.17) is 9.72 Å². The van der Waals surface area contributed by atoms with Crippen LogP contribution in [0.25, 0.3) is 11.0 Å². The van der Waals surface area contributed by atoms with Gasteiger partial charge in [-0.3, -0.25) is 14.9 Å². The first-order chi connectivity index (χ1) is 20.9. The SMILES string of the molecule is CC(C)(C)CNCc1ccc2nc(NC(=O)c3ccc(C(F)F)s3)n(CC3CCCN3C(=O)C(C#N)=CC3(C)COC3)c2c1. The quantitative estimate of drug-likeness (QED) is 0.215. The van der Waals surface area contributed by atoms with Crippen molar-refractivity contribution in [3.8, 4) is 6.07 Å². The Morgan fingerprint density at radius 3 is 2.68 bits per heavy atom. The number of aromatic nitrogens is 2. The third-order valence-electron chi connectivity index (χ3n) is 7.83. The number of hydrogen-bond donors (Lipinski definition) is 2. The summed E-state index contributed by atoms with van der Waals surface area (Å²) < 4.78 is 33.6. The van der Waals surface area contributed by atoms with Gasteiger partial charge in [-0.05, 0) is 48.1 Å². The molecule has 2 aliphatic heterocycles. The van der Waals surface area contributed by atoms with Crippen molar-refractivity contribution in [2.24, 2.45) is 10.8 Å². The second-order valence-corrected chi connectivity index (χ2v) is 14.2. The minimum absolute atomic E-state index is 0.103. The molecule has 0 radical (unpaired) electrons. The number of benzene rings is 1. The molecule has 0 saturated carbocycles. The Kier molecular flexibility index (Phi) is 9.20. The van der Waals surface area contributed by atoms with E-state index in [1.54, 1.807) is 11.0 Å². The Hall–Kier alpha value is -3.66. The zero-order chi connectivity index (χ0) is 31.6. The van der Waals surface area contributed by atoms with Crippen LogP contribution in [0, 0.1) is 22.2 Å². The van der Waals surface area contributed by atoms with Gasteiger partial charge in [-0.15, -0.1) is 11.3 Å². The van der Waals surface area contributed by atoms with E-state index in [0.29, 0.717) is 44.8 Å². The summed E-state index contributed by atoms with van der Waals surface area (Å²) in [6.07, 6.45) is 0.553. The largest absolute Gasteiger partial charge is 0.379 e. The van der Waals surface area contributed by atoms with E-state index < -0.39 is 12.3 Å². The van der Waals surface area contributed by atoms with Gasteiger partial charge in [0.15, 0.2) is 0 Å². The molecule has 2 aliphatic rings. The summed E-state index contributed by atoms with van der Waals surface area (Å²) >= 11 is 0.742. The smallest absolute Gasteiger partial charge is 0.272 e. The molecule has 1 unspecified atom stereocenters. The fourth-order valence-corrected chi connectivity index (χ4v) is 6.31. The first kappa shape index (κ1) is 31.8. The highest BCUT2D eigenvalue weighted by atomic mass is 32.1. The molecule has 3 aromatic rings. The van der Waals surface area contributed by atoms with Crippen LogP contribution in [0.15, 0.2) is 42.0 Å². The zero-order valence-electron chi connectivity index (χ0n) is 25.5. The molecule has 0 bridgehead atoms. The molecule has 12 heteroatoms. The minimum Gasteiger partial charge on any atom is -0.379 e. The number of thiophene rings is 1. The summed E-state index contributed by atoms with van der Waals surface area (Å²) in [6.45, 7) is 11.7. The van der Waals surface area contributed by atoms with Gasteiger partial charge in [0.1, 0.15) is 11.6 Å². The number of alkyl halides is 2. The molecule has 2 aromatic heterocycles. The number of hydrogen-bond acceptors (Lipinski definition) is 7. The number of fused-ring (bicyclic) bond motifs is 1. The Labute approximate surface area is 259 Å². The topological polar surface area (TPSA) is 112 Å². The third-order valence-corrected chi connectivity index (χ3v) is 8.92. The Bertz CT molecular complexity index is 1610. The van der Waals surface area contributed by atoms with Crippen LogP contribution < -0.4 is 10.6 Å². The molecule has 1 atom stereocenters. The Balaban J connectivity index is 1.45. The molecule has 5 rings (SSSR count). The predicted molar refractivity (Wildman–Crippen MR) is 165 cm³/mol. The maximum Gasteiger partial charge on any atom is 0.272 e. The number of nitrogens with one attached hydrogen (secondary N) is 2. The standard InChI is InChI=1S/C32H38F2N6O3S/c1-31(2,3)17-36-15-20-7-8-23-24(12-20)40(30(37-23)38-28(41)26-10-9-25(44-26)27(33)34)16-22-6-5-11-39(22)29(42)21(14-35)13-32(4)18-43-19-32/h7-10,12-13,22,27,36H,5-6,11,15-19H2,1-4H3,(H,37,38,41). The number of imidazole rings is 1. The predicted octanol–water partition coefficient (Wildman–Crippen LogP) is 5.90. The number of likely N-dealkylation sites (tertiary alicyclic amines) is 1. The average molecular weight is 625 g/mol. The lowest BCUT2D eigenvalue weighted by Crippen LogP contribution is -2.41. The summed E-state index contributed by atoms with van der Waals surface area (Å²) in [7, 11) is 0. The number of carbonyl (C=O) groups excluding carboxylic acids is 2. The highest BCUT2D eigenvalue weighted by Crippen LogP contribution is 2.32. The summed E-state index contributed by atoms with van der Waals surface area (Å²) in [5.74, 6) is -0.579. The molecular weight excluding hydrogens is 586 g/mol. The summed E-state index contributed by atoms with van der Waals surface area (Å²) in [6, 6.07) is 10.4. The van der Waals surface area contributed by atoms with E-state index >= 15 is 0 Å². The van der Waals surface area contributed by atoms with Crippen molar-refractivity contribution in [1.29, 1.82) is 5.26 Å². The highest BCUT2D eigenvalue weighted by Gasteiger charge is 2.36. The van der Waals surface area contributed by atoms with Gasteiger partial charge < -0.3 is 19.5 Å². The zero-order valence-corrected chi connectivity index (χ0v) is 26.3. The lowest BCUT2D eigenvalue weighted by atomic mass is 9.86. The molecule has 44 heavy (non-hydrogen) atoms. The lowest BCUT2D eigenvalue weighted by molar-refractivity contribution is -0.128. The molecule has 234 valence electrons. The number of ether oxygens (including phenoxy) is 1. The van der Waals surface area contributed by atoms with E-state index in [0.717, 1.165) is 35.4 Å². The van der Waals surface area contributed by atoms with Crippen LogP contribution in [-0.4, -0.2) is 58.6 Å². The molecule has 9 nitrogen and oxygen atoms in total. The maximum atomic E-state index is 13.6. The number of nitrogens with zero attached hydrogens (tertiary/aromatic N) is 4. The van der Waals surface area contributed by atoms with Crippen molar-refractivity contribution in [3.63, 3.8) is 0 Å². The fourth-order valence-electron chi connectivity index (χ4n) is 5.55. The molecule has 0 aliphatic carbocycles. The van der Waals surface area contributed by atoms with Gasteiger partial charge >= 0.3 is 0 Å². The van der Waals surface area contributed by atoms with Crippen molar-refractivity contribution >= 4 is 40.1 Å². The molecule has 2 amide bonds. The first-order valence-electron chi connectivity index (χ1n) is 14.8. The second kappa shape index (κ2) is 12.8. The second-order valence-electron chi connectivity index (χ2n) is 13.1. The summed E-state index contributed by atoms with van der Waals surface area (Å²) in [5, 5.41) is 16.2. The number of carbonyl (C=O) groups is 2. The van der Waals surface area contributed by atoms with Gasteiger partial charge in [-0.1, -0.05) is 39.8 Å². The highest BCUT2D eigenvalue weighted by molar-refractivity contribution is 7.14. The molecule has 0 spiro atoms. The number of nitriles is 1. The van der Waals surface area contributed by atoms with Crippen LogP contribution in [0.5, 0.6) is 0 Å². The van der Waals surface area contributed by atoms with Crippen LogP contribution in [-0.2, 0) is 22.6 Å². The van der Waals surface area contributed by atoms with Gasteiger partial charge in [-0.2, -0.15) is 5.26 Å². The maximum absolute atomic E-state index is 13.6. The van der Waals surface area contributed by atoms with Gasteiger partial charge in [-0.25, -0.2) is 13.8 Å². The number of halogens is 2. The van der Waals surface area contributed by atoms with Gasteiger partial charge in [0.25, 0.3) is 18.2 Å². The molecular formula is C32H38F2N6O3S. The van der Waals surface area contributed by atoms with Crippen LogP contribution in [0.1, 0.15) is 67.1 Å². The normalized spacial score (nSPS) is 18.5. The molecule has 1 aromatic carbocycles. The van der Waals surface area contributed by atoms with E-state index in [1.807, 2.05) is 29.7 Å². The van der Waals surface area contributed by atoms with E-state index in [-0.39, 0.29) is 44.1 Å². The Morgan fingerprint density at radius 1 is 1.27 bits per heavy atom. The van der Waals surface area contributed by atoms with E-state index in [2.05, 4.69) is 37.5 Å². The van der Waals surface area contributed by atoms with Crippen molar-refractivity contribution in [1.82, 2.24) is 19.8 Å². The first-order valence-corrected chi connectivity index (χ1v) is 15.6.